The van der Waals surface area contributed by atoms with Gasteiger partial charge in [0.2, 0.25) is 5.91 Å². The molecule has 40 heavy (non-hydrogen) atoms. The molecule has 0 fully saturated rings. The largest absolute Gasteiger partial charge is 0.453 e. The number of carbonyl (C=O) groups excluding carboxylic acids is 3. The monoisotopic (exact) mass is 591 g/mol. The van der Waals surface area contributed by atoms with E-state index in [2.05, 4.69) is 20.9 Å². The highest BCUT2D eigenvalue weighted by atomic mass is 32.2. The maximum absolute atomic E-state index is 13.5. The van der Waals surface area contributed by atoms with Crippen molar-refractivity contribution in [3.05, 3.63) is 76.1 Å². The minimum Gasteiger partial charge on any atom is -0.453 e. The molecule has 0 aliphatic carbocycles. The molecule has 0 saturated heterocycles. The third-order valence-corrected chi connectivity index (χ3v) is 6.81. The third-order valence-electron chi connectivity index (χ3n) is 5.36. The van der Waals surface area contributed by atoms with E-state index >= 15 is 0 Å². The van der Waals surface area contributed by atoms with Crippen LogP contribution in [0.3, 0.4) is 0 Å². The Balaban J connectivity index is 1.86. The zero-order valence-corrected chi connectivity index (χ0v) is 23.3. The summed E-state index contributed by atoms with van der Waals surface area (Å²) in [6.45, 7) is 1.85. The van der Waals surface area contributed by atoms with Crippen molar-refractivity contribution in [2.24, 2.45) is 0 Å². The third kappa shape index (κ3) is 9.83. The smallest absolute Gasteiger partial charge is 0.412 e. The molecule has 2 unspecified atom stereocenters. The molecule has 3 rings (SSSR count). The number of alkyl carbamates (subject to hydrolysis) is 1. The van der Waals surface area contributed by atoms with E-state index in [0.29, 0.717) is 10.6 Å². The Labute approximate surface area is 235 Å². The van der Waals surface area contributed by atoms with E-state index in [-0.39, 0.29) is 31.0 Å². The fraction of sp³-hybridized carbons (Fsp3) is 0.280. The minimum absolute atomic E-state index is 0.146. The summed E-state index contributed by atoms with van der Waals surface area (Å²) in [5, 5.41) is 10.0. The number of thiazole rings is 1. The van der Waals surface area contributed by atoms with E-state index in [0.717, 1.165) is 5.56 Å². The number of hydrogen-bond acceptors (Lipinski definition) is 9. The molecule has 2 atom stereocenters. The van der Waals surface area contributed by atoms with Crippen LogP contribution in [0.15, 0.2) is 60.0 Å². The van der Waals surface area contributed by atoms with Gasteiger partial charge < -0.3 is 20.1 Å². The molecule has 0 spiro atoms. The normalized spacial score (nSPS) is 12.5. The van der Waals surface area contributed by atoms with Gasteiger partial charge in [-0.2, -0.15) is 8.42 Å². The average molecular weight is 592 g/mol. The second-order valence-electron chi connectivity index (χ2n) is 8.33. The number of benzene rings is 2. The van der Waals surface area contributed by atoms with Gasteiger partial charge >= 0.3 is 22.5 Å². The van der Waals surface area contributed by atoms with Crippen molar-refractivity contribution in [2.45, 2.75) is 31.8 Å². The van der Waals surface area contributed by atoms with Gasteiger partial charge in [0.1, 0.15) is 16.9 Å². The highest BCUT2D eigenvalue weighted by molar-refractivity contribution is 7.87. The van der Waals surface area contributed by atoms with Gasteiger partial charge in [-0.1, -0.05) is 42.5 Å². The summed E-state index contributed by atoms with van der Waals surface area (Å²) in [7, 11) is -3.24. The first-order valence-electron chi connectivity index (χ1n) is 12.0. The van der Waals surface area contributed by atoms with Gasteiger partial charge in [0.15, 0.2) is 0 Å². The molecular formula is C25H29N5O8S2. The first-order chi connectivity index (χ1) is 19.1. The van der Waals surface area contributed by atoms with Gasteiger partial charge in [-0.25, -0.2) is 14.6 Å². The number of nitrogens with zero attached hydrogens (tertiary/aromatic N) is 1. The summed E-state index contributed by atoms with van der Waals surface area (Å²) in [6, 6.07) is 13.6. The Morgan fingerprint density at radius 2 is 1.65 bits per heavy atom. The minimum atomic E-state index is -4.44. The number of amides is 3. The second kappa shape index (κ2) is 14.3. The van der Waals surface area contributed by atoms with Crippen LogP contribution in [0.2, 0.25) is 0 Å². The van der Waals surface area contributed by atoms with Crippen LogP contribution in [0.1, 0.15) is 29.1 Å². The van der Waals surface area contributed by atoms with Gasteiger partial charge in [-0.3, -0.25) is 19.4 Å². The summed E-state index contributed by atoms with van der Waals surface area (Å²) < 4.78 is 42.7. The molecule has 0 aliphatic heterocycles. The molecule has 15 heteroatoms. The number of carbonyl (C=O) groups is 3. The second-order valence-corrected chi connectivity index (χ2v) is 10.4. The molecule has 1 aromatic heterocycles. The topological polar surface area (TPSA) is 185 Å². The lowest BCUT2D eigenvalue weighted by molar-refractivity contribution is -0.123. The Bertz CT molecular complexity index is 1400. The molecule has 13 nitrogen and oxygen atoms in total. The number of hydrogen-bond donors (Lipinski definition) is 5. The van der Waals surface area contributed by atoms with E-state index in [1.54, 1.807) is 24.4 Å². The zero-order chi connectivity index (χ0) is 29.1. The summed E-state index contributed by atoms with van der Waals surface area (Å²) in [4.78, 5) is 41.7. The van der Waals surface area contributed by atoms with Crippen molar-refractivity contribution in [3.8, 4) is 0 Å². The van der Waals surface area contributed by atoms with Gasteiger partial charge in [-0.15, -0.1) is 11.3 Å². The summed E-state index contributed by atoms with van der Waals surface area (Å²) >= 11 is 1.19. The predicted octanol–water partition coefficient (Wildman–Crippen LogP) is 3.29. The van der Waals surface area contributed by atoms with Crippen molar-refractivity contribution in [2.75, 3.05) is 23.8 Å². The lowest BCUT2D eigenvalue weighted by Gasteiger charge is -2.22. The predicted molar refractivity (Wildman–Crippen MR) is 148 cm³/mol. The molecule has 3 aromatic rings. The molecule has 3 amide bonds. The van der Waals surface area contributed by atoms with E-state index in [1.165, 1.54) is 30.6 Å². The first kappa shape index (κ1) is 30.3. The van der Waals surface area contributed by atoms with Crippen molar-refractivity contribution in [3.63, 3.8) is 0 Å². The Morgan fingerprint density at radius 3 is 2.27 bits per heavy atom. The molecule has 0 saturated carbocycles. The molecule has 2 aromatic carbocycles. The van der Waals surface area contributed by atoms with Crippen molar-refractivity contribution >= 4 is 51.2 Å². The summed E-state index contributed by atoms with van der Waals surface area (Å²) in [5.41, 5.74) is 1.65. The lowest BCUT2D eigenvalue weighted by atomic mass is 10.0. The van der Waals surface area contributed by atoms with E-state index in [4.69, 9.17) is 14.0 Å². The molecule has 0 bridgehead atoms. The van der Waals surface area contributed by atoms with Crippen LogP contribution in [0, 0.1) is 0 Å². The SMILES string of the molecule is CCOC(=O)Nc1csc(C(Cc2ccc(NS(=O)(=O)O)cc2)NC(=O)C(Cc2ccccc2)NC(=O)OC)n1. The Kier molecular flexibility index (Phi) is 10.8. The van der Waals surface area contributed by atoms with Gasteiger partial charge in [0.25, 0.3) is 0 Å². The van der Waals surface area contributed by atoms with Gasteiger partial charge in [0.05, 0.1) is 25.4 Å². The van der Waals surface area contributed by atoms with E-state index in [9.17, 15) is 22.8 Å². The molecule has 5 N–H and O–H groups in total. The van der Waals surface area contributed by atoms with Gasteiger partial charge in [0, 0.05) is 11.8 Å². The zero-order valence-electron chi connectivity index (χ0n) is 21.6. The highest BCUT2D eigenvalue weighted by Gasteiger charge is 2.27. The number of methoxy groups -OCH3 is 1. The van der Waals surface area contributed by atoms with E-state index < -0.39 is 40.5 Å². The number of aromatic nitrogens is 1. The van der Waals surface area contributed by atoms with Crippen molar-refractivity contribution in [1.29, 1.82) is 0 Å². The number of rotatable bonds is 12. The quantitative estimate of drug-likeness (QED) is 0.197. The van der Waals surface area contributed by atoms with Gasteiger partial charge in [-0.05, 0) is 36.6 Å². The van der Waals surface area contributed by atoms with Crippen LogP contribution in [-0.2, 0) is 37.4 Å². The Hall–Kier alpha value is -4.21. The summed E-state index contributed by atoms with van der Waals surface area (Å²) in [6.07, 6.45) is -1.03. The van der Waals surface area contributed by atoms with Crippen molar-refractivity contribution < 1.29 is 36.8 Å². The maximum Gasteiger partial charge on any atom is 0.412 e. The highest BCUT2D eigenvalue weighted by Crippen LogP contribution is 2.26. The maximum atomic E-state index is 13.5. The average Bonchev–Trinajstić information content (AvgIpc) is 3.37. The van der Waals surface area contributed by atoms with Crippen LogP contribution in [0.25, 0.3) is 0 Å². The first-order valence-corrected chi connectivity index (χ1v) is 14.3. The molecular weight excluding hydrogens is 562 g/mol. The van der Waals surface area contributed by atoms with Crippen molar-refractivity contribution in [1.82, 2.24) is 15.6 Å². The number of anilines is 2. The number of nitrogens with one attached hydrogen (secondary N) is 4. The molecule has 0 radical (unpaired) electrons. The fourth-order valence-electron chi connectivity index (χ4n) is 3.60. The standard InChI is InChI=1S/C25H29N5O8S2/c1-3-38-25(33)29-21-15-39-23(28-21)20(14-17-9-11-18(12-10-17)30-40(34,35)36)26-22(31)19(27-24(32)37-2)13-16-7-5-4-6-8-16/h4-12,15,19-20,30H,3,13-14H2,1-2H3,(H,26,31)(H,27,32)(H,29,33)(H,34,35,36). The molecule has 214 valence electrons. The fourth-order valence-corrected chi connectivity index (χ4v) is 4.84. The van der Waals surface area contributed by atoms with E-state index in [1.807, 2.05) is 35.1 Å². The van der Waals surface area contributed by atoms with Crippen LogP contribution in [0.5, 0.6) is 0 Å². The summed E-state index contributed by atoms with van der Waals surface area (Å²) in [5.74, 6) is -0.266. The molecule has 1 heterocycles. The van der Waals surface area contributed by atoms with Crippen LogP contribution < -0.4 is 20.7 Å². The Morgan fingerprint density at radius 1 is 0.975 bits per heavy atom. The molecule has 0 aliphatic rings. The number of ether oxygens (including phenoxy) is 2. The lowest BCUT2D eigenvalue weighted by Crippen LogP contribution is -2.49. The van der Waals surface area contributed by atoms with Crippen LogP contribution in [0.4, 0.5) is 21.1 Å². The van der Waals surface area contributed by atoms with Crippen LogP contribution >= 0.6 is 11.3 Å². The van der Waals surface area contributed by atoms with Crippen LogP contribution in [-0.4, -0.2) is 55.8 Å².